The summed E-state index contributed by atoms with van der Waals surface area (Å²) in [6.07, 6.45) is 4.48. The van der Waals surface area contributed by atoms with E-state index in [0.717, 1.165) is 0 Å². The molecule has 0 aliphatic rings. The molecule has 15 heavy (non-hydrogen) atoms. The summed E-state index contributed by atoms with van der Waals surface area (Å²) in [5.41, 5.74) is 0. The Morgan fingerprint density at radius 1 is 1.33 bits per heavy atom. The van der Waals surface area contributed by atoms with E-state index in [9.17, 15) is 0 Å². The molecule has 0 radical (unpaired) electrons. The van der Waals surface area contributed by atoms with Crippen LogP contribution in [0, 0.1) is 0 Å². The van der Waals surface area contributed by atoms with Gasteiger partial charge in [-0.1, -0.05) is 11.6 Å². The molecular weight excluding hydrogens is 281 g/mol. The highest BCUT2D eigenvalue weighted by atomic mass is 79.9. The first-order chi connectivity index (χ1) is 7.27. The van der Waals surface area contributed by atoms with Crippen LogP contribution in [0.15, 0.2) is 35.5 Å². The molecule has 0 saturated heterocycles. The van der Waals surface area contributed by atoms with E-state index in [2.05, 4.69) is 30.9 Å². The van der Waals surface area contributed by atoms with Crippen molar-refractivity contribution in [3.63, 3.8) is 0 Å². The number of aromatic nitrogens is 3. The highest BCUT2D eigenvalue weighted by Gasteiger charge is 2.07. The van der Waals surface area contributed by atoms with Gasteiger partial charge < -0.3 is 4.74 Å². The molecule has 0 atom stereocenters. The van der Waals surface area contributed by atoms with Crippen molar-refractivity contribution < 1.29 is 4.74 Å². The van der Waals surface area contributed by atoms with E-state index in [4.69, 9.17) is 16.3 Å². The first-order valence-corrected chi connectivity index (χ1v) is 5.18. The maximum absolute atomic E-state index is 5.84. The second kappa shape index (κ2) is 4.55. The van der Waals surface area contributed by atoms with Crippen LogP contribution in [-0.2, 0) is 0 Å². The van der Waals surface area contributed by atoms with E-state index < -0.39 is 0 Å². The fourth-order valence-corrected chi connectivity index (χ4v) is 1.40. The molecule has 0 N–H and O–H groups in total. The molecule has 0 saturated carbocycles. The van der Waals surface area contributed by atoms with Crippen LogP contribution in [0.3, 0.4) is 0 Å². The molecule has 0 amide bonds. The highest BCUT2D eigenvalue weighted by molar-refractivity contribution is 9.10. The Kier molecular flexibility index (Phi) is 3.13. The SMILES string of the molecule is Clc1cncnc1Oc1cccnc1Br. The maximum atomic E-state index is 5.84. The summed E-state index contributed by atoms with van der Waals surface area (Å²) in [7, 11) is 0. The summed E-state index contributed by atoms with van der Waals surface area (Å²) in [5.74, 6) is 0.860. The summed E-state index contributed by atoms with van der Waals surface area (Å²) in [4.78, 5) is 11.7. The van der Waals surface area contributed by atoms with Gasteiger partial charge in [0.25, 0.3) is 0 Å². The number of ether oxygens (including phenoxy) is 1. The van der Waals surface area contributed by atoms with Gasteiger partial charge in [0.1, 0.15) is 16.0 Å². The van der Waals surface area contributed by atoms with Crippen molar-refractivity contribution in [3.05, 3.63) is 40.5 Å². The monoisotopic (exact) mass is 285 g/mol. The van der Waals surface area contributed by atoms with Crippen molar-refractivity contribution in [2.75, 3.05) is 0 Å². The number of nitrogens with zero attached hydrogens (tertiary/aromatic N) is 3. The molecule has 76 valence electrons. The molecule has 0 aliphatic heterocycles. The molecule has 0 aromatic carbocycles. The molecule has 0 fully saturated rings. The van der Waals surface area contributed by atoms with Crippen LogP contribution in [0.25, 0.3) is 0 Å². The predicted octanol–water partition coefficient (Wildman–Crippen LogP) is 3.08. The molecule has 0 bridgehead atoms. The third kappa shape index (κ3) is 2.43. The van der Waals surface area contributed by atoms with E-state index in [1.807, 2.05) is 0 Å². The van der Waals surface area contributed by atoms with Crippen molar-refractivity contribution >= 4 is 27.5 Å². The zero-order valence-corrected chi connectivity index (χ0v) is 9.73. The van der Waals surface area contributed by atoms with E-state index in [0.29, 0.717) is 21.3 Å². The third-order valence-corrected chi connectivity index (χ3v) is 2.42. The molecule has 2 heterocycles. The molecule has 6 heteroatoms. The van der Waals surface area contributed by atoms with Crippen molar-refractivity contribution in [2.45, 2.75) is 0 Å². The fourth-order valence-electron chi connectivity index (χ4n) is 0.928. The molecule has 4 nitrogen and oxygen atoms in total. The van der Waals surface area contributed by atoms with Gasteiger partial charge in [0.2, 0.25) is 5.88 Å². The molecular formula is C9H5BrClN3O. The Morgan fingerprint density at radius 2 is 2.20 bits per heavy atom. The van der Waals surface area contributed by atoms with Crippen LogP contribution < -0.4 is 4.74 Å². The smallest absolute Gasteiger partial charge is 0.241 e. The number of hydrogen-bond donors (Lipinski definition) is 0. The lowest BCUT2D eigenvalue weighted by atomic mass is 10.5. The second-order valence-corrected chi connectivity index (χ2v) is 3.73. The quantitative estimate of drug-likeness (QED) is 0.796. The minimum atomic E-state index is 0.306. The molecule has 2 aromatic heterocycles. The maximum Gasteiger partial charge on any atom is 0.241 e. The minimum Gasteiger partial charge on any atom is -0.435 e. The molecule has 0 spiro atoms. The van der Waals surface area contributed by atoms with Crippen molar-refractivity contribution in [3.8, 4) is 11.6 Å². The van der Waals surface area contributed by atoms with Gasteiger partial charge in [-0.3, -0.25) is 0 Å². The van der Waals surface area contributed by atoms with E-state index >= 15 is 0 Å². The molecule has 0 aliphatic carbocycles. The van der Waals surface area contributed by atoms with Gasteiger partial charge in [0.15, 0.2) is 5.75 Å². The summed E-state index contributed by atoms with van der Waals surface area (Å²) in [6, 6.07) is 3.52. The van der Waals surface area contributed by atoms with Crippen LogP contribution in [0.5, 0.6) is 11.6 Å². The van der Waals surface area contributed by atoms with E-state index in [1.54, 1.807) is 18.3 Å². The summed E-state index contributed by atoms with van der Waals surface area (Å²) in [6.45, 7) is 0. The Morgan fingerprint density at radius 3 is 2.93 bits per heavy atom. The van der Waals surface area contributed by atoms with Gasteiger partial charge in [-0.2, -0.15) is 0 Å². The second-order valence-electron chi connectivity index (χ2n) is 2.57. The van der Waals surface area contributed by atoms with Gasteiger partial charge in [0.05, 0.1) is 6.20 Å². The van der Waals surface area contributed by atoms with Crippen molar-refractivity contribution in [1.82, 2.24) is 15.0 Å². The lowest BCUT2D eigenvalue weighted by molar-refractivity contribution is 0.456. The van der Waals surface area contributed by atoms with Gasteiger partial charge in [-0.05, 0) is 28.1 Å². The van der Waals surface area contributed by atoms with Crippen LogP contribution in [0.2, 0.25) is 5.02 Å². The van der Waals surface area contributed by atoms with Gasteiger partial charge in [-0.15, -0.1) is 0 Å². The zero-order valence-electron chi connectivity index (χ0n) is 7.39. The minimum absolute atomic E-state index is 0.306. The fraction of sp³-hybridized carbons (Fsp3) is 0. The van der Waals surface area contributed by atoms with Crippen LogP contribution >= 0.6 is 27.5 Å². The topological polar surface area (TPSA) is 47.9 Å². The summed E-state index contributed by atoms with van der Waals surface area (Å²) < 4.78 is 6.04. The van der Waals surface area contributed by atoms with E-state index in [1.165, 1.54) is 12.5 Å². The Bertz CT molecular complexity index is 437. The lowest BCUT2D eigenvalue weighted by Crippen LogP contribution is -1.91. The average Bonchev–Trinajstić information content (AvgIpc) is 2.24. The van der Waals surface area contributed by atoms with Crippen LogP contribution in [0.1, 0.15) is 0 Å². The number of rotatable bonds is 2. The Balaban J connectivity index is 2.30. The van der Waals surface area contributed by atoms with Crippen molar-refractivity contribution in [2.24, 2.45) is 0 Å². The summed E-state index contributed by atoms with van der Waals surface area (Å²) in [5, 5.41) is 0.355. The normalized spacial score (nSPS) is 10.0. The Labute approximate surface area is 99.4 Å². The molecule has 0 unspecified atom stereocenters. The van der Waals surface area contributed by atoms with Gasteiger partial charge >= 0.3 is 0 Å². The average molecular weight is 287 g/mol. The van der Waals surface area contributed by atoms with Gasteiger partial charge in [-0.25, -0.2) is 15.0 Å². The van der Waals surface area contributed by atoms with Gasteiger partial charge in [0, 0.05) is 6.20 Å². The lowest BCUT2D eigenvalue weighted by Gasteiger charge is -2.05. The number of hydrogen-bond acceptors (Lipinski definition) is 4. The molecule has 2 rings (SSSR count). The van der Waals surface area contributed by atoms with Crippen molar-refractivity contribution in [1.29, 1.82) is 0 Å². The zero-order chi connectivity index (χ0) is 10.7. The van der Waals surface area contributed by atoms with E-state index in [-0.39, 0.29) is 0 Å². The molecule has 2 aromatic rings. The first kappa shape index (κ1) is 10.3. The largest absolute Gasteiger partial charge is 0.435 e. The number of pyridine rings is 1. The number of halogens is 2. The third-order valence-electron chi connectivity index (χ3n) is 1.57. The van der Waals surface area contributed by atoms with Crippen LogP contribution in [-0.4, -0.2) is 15.0 Å². The standard InChI is InChI=1S/C9H5BrClN3O/c10-8-7(2-1-3-13-8)15-9-6(11)4-12-5-14-9/h1-5H. The Hall–Kier alpha value is -1.20. The highest BCUT2D eigenvalue weighted by Crippen LogP contribution is 2.29. The summed E-state index contributed by atoms with van der Waals surface area (Å²) >= 11 is 9.10. The van der Waals surface area contributed by atoms with Crippen LogP contribution in [0.4, 0.5) is 0 Å². The first-order valence-electron chi connectivity index (χ1n) is 4.01. The predicted molar refractivity (Wildman–Crippen MR) is 59.1 cm³/mol.